The Labute approximate surface area is 334 Å². The van der Waals surface area contributed by atoms with E-state index in [1.165, 1.54) is 10.9 Å². The molecule has 0 amide bonds. The monoisotopic (exact) mass is 769 g/mol. The van der Waals surface area contributed by atoms with Crippen LogP contribution in [0, 0.1) is 0 Å². The van der Waals surface area contributed by atoms with E-state index in [9.17, 15) is 4.79 Å². The summed E-state index contributed by atoms with van der Waals surface area (Å²) in [6.45, 7) is -0.114. The molecule has 9 rings (SSSR count). The number of nitrogens with one attached hydrogen (secondary N) is 1. The van der Waals surface area contributed by atoms with Crippen molar-refractivity contribution in [1.82, 2.24) is 19.5 Å². The van der Waals surface area contributed by atoms with E-state index in [0.29, 0.717) is 0 Å². The molecule has 1 aliphatic rings. The van der Waals surface area contributed by atoms with Crippen LogP contribution in [-0.4, -0.2) is 44.5 Å². The largest absolute Gasteiger partial charge is 0.369 e. The van der Waals surface area contributed by atoms with Gasteiger partial charge in [-0.1, -0.05) is 182 Å². The van der Waals surface area contributed by atoms with Gasteiger partial charge in [-0.3, -0.25) is 14.3 Å². The third kappa shape index (κ3) is 6.47. The number of nitrogens with zero attached hydrogens (tertiary/aromatic N) is 3. The molecule has 0 radical (unpaired) electrons. The second kappa shape index (κ2) is 15.7. The normalized spacial score (nSPS) is 18.4. The number of imidazole rings is 1. The SMILES string of the molecule is Nc1nc2c(ncn2[C@@H]2O[C@H](COC(c3ccccc3)(c3ccccc3)c3ccccc3)[C@@H](OC(c3ccccc3)(c3ccccc3)c3ccccc3)[C@@H]2F)c(=O)[nH]1. The number of halogens is 1. The average Bonchev–Trinajstić information content (AvgIpc) is 3.84. The molecule has 10 heteroatoms. The highest BCUT2D eigenvalue weighted by molar-refractivity contribution is 5.70. The van der Waals surface area contributed by atoms with Gasteiger partial charge >= 0.3 is 0 Å². The van der Waals surface area contributed by atoms with Crippen LogP contribution in [0.25, 0.3) is 11.2 Å². The van der Waals surface area contributed by atoms with Crippen LogP contribution >= 0.6 is 0 Å². The standard InChI is InChI=1S/C48H40FN5O4/c49-40-42(58-48(36-25-13-4-14-26-36,37-27-15-5-16-28-37)38-29-17-6-18-30-38)39(57-45(40)54-32-51-41-43(54)52-46(50)53-44(41)55)31-56-47(33-19-7-1-8-20-33,34-21-9-2-10-22-34)35-23-11-3-12-24-35/h1-30,32,39-40,42,45H,31H2,(H3,50,52,53,55)/t39-,40+,42-,45-/m1/s1. The molecule has 0 bridgehead atoms. The van der Waals surface area contributed by atoms with Crippen LogP contribution in [0.5, 0.6) is 0 Å². The Balaban J connectivity index is 1.22. The van der Waals surface area contributed by atoms with Crippen LogP contribution in [-0.2, 0) is 25.4 Å². The number of aromatic nitrogens is 4. The zero-order valence-corrected chi connectivity index (χ0v) is 31.3. The predicted octanol–water partition coefficient (Wildman–Crippen LogP) is 8.32. The Morgan fingerprint density at radius 3 is 1.45 bits per heavy atom. The smallest absolute Gasteiger partial charge is 0.280 e. The zero-order valence-electron chi connectivity index (χ0n) is 31.3. The van der Waals surface area contributed by atoms with Gasteiger partial charge in [-0.25, -0.2) is 9.37 Å². The lowest BCUT2D eigenvalue weighted by atomic mass is 9.79. The van der Waals surface area contributed by atoms with Crippen molar-refractivity contribution in [2.75, 3.05) is 12.3 Å². The lowest BCUT2D eigenvalue weighted by Gasteiger charge is -2.40. The number of anilines is 1. The molecule has 6 aromatic carbocycles. The molecule has 1 fully saturated rings. The molecule has 3 N–H and O–H groups in total. The number of ether oxygens (including phenoxy) is 3. The fourth-order valence-corrected chi connectivity index (χ4v) is 8.22. The summed E-state index contributed by atoms with van der Waals surface area (Å²) < 4.78 is 40.9. The summed E-state index contributed by atoms with van der Waals surface area (Å²) in [7, 11) is 0. The molecule has 9 nitrogen and oxygen atoms in total. The summed E-state index contributed by atoms with van der Waals surface area (Å²) in [5.41, 5.74) is 8.12. The number of aromatic amines is 1. The second-order valence-corrected chi connectivity index (χ2v) is 14.2. The first-order valence-electron chi connectivity index (χ1n) is 19.2. The topological polar surface area (TPSA) is 117 Å². The van der Waals surface area contributed by atoms with E-state index >= 15 is 4.39 Å². The first-order chi connectivity index (χ1) is 28.5. The summed E-state index contributed by atoms with van der Waals surface area (Å²) in [6.07, 6.45) is -4.05. The maximum absolute atomic E-state index is 18.0. The minimum Gasteiger partial charge on any atom is -0.369 e. The molecule has 1 aliphatic heterocycles. The summed E-state index contributed by atoms with van der Waals surface area (Å²) in [5.74, 6) is -0.130. The van der Waals surface area contributed by atoms with Gasteiger partial charge in [0.15, 0.2) is 23.6 Å². The first-order valence-corrected chi connectivity index (χ1v) is 19.2. The van der Waals surface area contributed by atoms with Crippen molar-refractivity contribution in [2.24, 2.45) is 0 Å². The van der Waals surface area contributed by atoms with Crippen molar-refractivity contribution in [1.29, 1.82) is 0 Å². The molecular weight excluding hydrogens is 730 g/mol. The van der Waals surface area contributed by atoms with Gasteiger partial charge in [0.05, 0.1) is 12.9 Å². The average molecular weight is 770 g/mol. The minimum atomic E-state index is -1.82. The number of H-pyrrole nitrogens is 1. The van der Waals surface area contributed by atoms with Crippen LogP contribution < -0.4 is 11.3 Å². The van der Waals surface area contributed by atoms with E-state index < -0.39 is 41.4 Å². The highest BCUT2D eigenvalue weighted by Crippen LogP contribution is 2.47. The fourth-order valence-electron chi connectivity index (χ4n) is 8.22. The number of nitrogens with two attached hydrogens (primary N) is 1. The van der Waals surface area contributed by atoms with Crippen molar-refractivity contribution in [3.8, 4) is 0 Å². The molecule has 58 heavy (non-hydrogen) atoms. The maximum Gasteiger partial charge on any atom is 0.280 e. The zero-order chi connectivity index (χ0) is 39.5. The van der Waals surface area contributed by atoms with Crippen molar-refractivity contribution < 1.29 is 18.6 Å². The van der Waals surface area contributed by atoms with Crippen LogP contribution in [0.2, 0.25) is 0 Å². The Bertz CT molecular complexity index is 2450. The van der Waals surface area contributed by atoms with Gasteiger partial charge in [-0.2, -0.15) is 4.98 Å². The van der Waals surface area contributed by atoms with Crippen LogP contribution in [0.3, 0.4) is 0 Å². The molecule has 288 valence electrons. The Kier molecular flexibility index (Phi) is 9.97. The van der Waals surface area contributed by atoms with E-state index in [4.69, 9.17) is 19.9 Å². The molecule has 2 aromatic heterocycles. The van der Waals surface area contributed by atoms with E-state index in [-0.39, 0.29) is 23.7 Å². The third-order valence-corrected chi connectivity index (χ3v) is 10.9. The van der Waals surface area contributed by atoms with Crippen LogP contribution in [0.4, 0.5) is 10.3 Å². The van der Waals surface area contributed by atoms with Gasteiger partial charge in [0, 0.05) is 0 Å². The van der Waals surface area contributed by atoms with Gasteiger partial charge in [0.2, 0.25) is 5.95 Å². The number of fused-ring (bicyclic) bond motifs is 1. The summed E-state index contributed by atoms with van der Waals surface area (Å²) in [6, 6.07) is 59.3. The number of rotatable bonds is 12. The Hall–Kier alpha value is -6.72. The number of alkyl halides is 1. The lowest BCUT2D eigenvalue weighted by Crippen LogP contribution is -2.45. The number of hydrogen-bond donors (Lipinski definition) is 2. The quantitative estimate of drug-likeness (QED) is 0.120. The molecular formula is C48H40FN5O4. The molecule has 0 aliphatic carbocycles. The number of benzene rings is 6. The third-order valence-electron chi connectivity index (χ3n) is 10.9. The van der Waals surface area contributed by atoms with Gasteiger partial charge in [-0.15, -0.1) is 0 Å². The first kappa shape index (κ1) is 36.9. The second-order valence-electron chi connectivity index (χ2n) is 14.2. The van der Waals surface area contributed by atoms with Crippen molar-refractivity contribution in [3.05, 3.63) is 232 Å². The molecule has 4 atom stereocenters. The predicted molar refractivity (Wildman–Crippen MR) is 221 cm³/mol. The summed E-state index contributed by atoms with van der Waals surface area (Å²) >= 11 is 0. The molecule has 1 saturated heterocycles. The highest BCUT2D eigenvalue weighted by Gasteiger charge is 2.53. The fraction of sp³-hybridized carbons (Fsp3) is 0.146. The Morgan fingerprint density at radius 2 is 1.03 bits per heavy atom. The van der Waals surface area contributed by atoms with Crippen LogP contribution in [0.15, 0.2) is 193 Å². The summed E-state index contributed by atoms with van der Waals surface area (Å²) in [4.78, 5) is 24.0. The molecule has 0 saturated carbocycles. The van der Waals surface area contributed by atoms with Crippen molar-refractivity contribution >= 4 is 17.1 Å². The number of hydrogen-bond acceptors (Lipinski definition) is 7. The number of nitrogen functional groups attached to an aromatic ring is 1. The van der Waals surface area contributed by atoms with Crippen molar-refractivity contribution in [3.63, 3.8) is 0 Å². The van der Waals surface area contributed by atoms with E-state index in [1.54, 1.807) is 0 Å². The van der Waals surface area contributed by atoms with E-state index in [0.717, 1.165) is 33.4 Å². The maximum atomic E-state index is 18.0. The van der Waals surface area contributed by atoms with Gasteiger partial charge in [0.25, 0.3) is 5.56 Å². The summed E-state index contributed by atoms with van der Waals surface area (Å²) in [5, 5.41) is 0. The lowest BCUT2D eigenvalue weighted by molar-refractivity contribution is -0.128. The highest BCUT2D eigenvalue weighted by atomic mass is 19.1. The van der Waals surface area contributed by atoms with Crippen LogP contribution in [0.1, 0.15) is 39.6 Å². The van der Waals surface area contributed by atoms with Gasteiger partial charge in [0.1, 0.15) is 23.4 Å². The Morgan fingerprint density at radius 1 is 0.638 bits per heavy atom. The molecule has 0 spiro atoms. The minimum absolute atomic E-state index is 0.00521. The molecule has 3 heterocycles. The van der Waals surface area contributed by atoms with Gasteiger partial charge < -0.3 is 19.9 Å². The van der Waals surface area contributed by atoms with E-state index in [1.807, 2.05) is 182 Å². The van der Waals surface area contributed by atoms with E-state index in [2.05, 4.69) is 15.0 Å². The van der Waals surface area contributed by atoms with Crippen molar-refractivity contribution in [2.45, 2.75) is 35.8 Å². The van der Waals surface area contributed by atoms with Gasteiger partial charge in [-0.05, 0) is 33.4 Å². The molecule has 8 aromatic rings. The molecule has 0 unspecified atom stereocenters.